The summed E-state index contributed by atoms with van der Waals surface area (Å²) >= 11 is 0. The van der Waals surface area contributed by atoms with Crippen LogP contribution in [0.4, 0.5) is 0 Å². The Morgan fingerprint density at radius 1 is 1.47 bits per heavy atom. The Kier molecular flexibility index (Phi) is 4.65. The van der Waals surface area contributed by atoms with Gasteiger partial charge in [-0.05, 0) is 31.9 Å². The van der Waals surface area contributed by atoms with Crippen molar-refractivity contribution in [3.05, 3.63) is 18.0 Å². The molecule has 1 atom stereocenters. The van der Waals surface area contributed by atoms with Crippen LogP contribution >= 0.6 is 0 Å². The molecule has 1 heterocycles. The Morgan fingerprint density at radius 3 is 2.79 bits per heavy atom. The first-order valence-corrected chi connectivity index (χ1v) is 8.37. The highest BCUT2D eigenvalue weighted by Gasteiger charge is 2.27. The van der Waals surface area contributed by atoms with Crippen molar-refractivity contribution in [3.63, 3.8) is 0 Å². The van der Waals surface area contributed by atoms with Crippen LogP contribution in [0, 0.1) is 5.92 Å². The summed E-state index contributed by atoms with van der Waals surface area (Å²) in [5, 5.41) is 2.99. The maximum Gasteiger partial charge on any atom is 0.242 e. The standard InChI is InChI=1S/C13H23N3O2S/c1-3-11(6-10-4-5-10)16-19(17,18)13-7-12(8-14-2)15-9-13/h7,9-11,14-16H,3-6,8H2,1-2H3. The number of aromatic amines is 1. The lowest BCUT2D eigenvalue weighted by Gasteiger charge is -2.16. The highest BCUT2D eigenvalue weighted by molar-refractivity contribution is 7.89. The maximum absolute atomic E-state index is 12.3. The van der Waals surface area contributed by atoms with Crippen LogP contribution in [0.3, 0.4) is 0 Å². The van der Waals surface area contributed by atoms with Gasteiger partial charge in [0, 0.05) is 24.5 Å². The van der Waals surface area contributed by atoms with Gasteiger partial charge in [-0.1, -0.05) is 19.8 Å². The molecule has 0 saturated heterocycles. The van der Waals surface area contributed by atoms with Gasteiger partial charge in [0.15, 0.2) is 0 Å². The van der Waals surface area contributed by atoms with Gasteiger partial charge >= 0.3 is 0 Å². The van der Waals surface area contributed by atoms with Crippen molar-refractivity contribution in [1.29, 1.82) is 0 Å². The average molecular weight is 285 g/mol. The molecule has 0 aromatic carbocycles. The molecular formula is C13H23N3O2S. The van der Waals surface area contributed by atoms with Crippen LogP contribution < -0.4 is 10.0 Å². The Balaban J connectivity index is 2.02. The zero-order valence-electron chi connectivity index (χ0n) is 11.6. The van der Waals surface area contributed by atoms with E-state index >= 15 is 0 Å². The van der Waals surface area contributed by atoms with Crippen LogP contribution in [0.15, 0.2) is 17.2 Å². The van der Waals surface area contributed by atoms with Crippen molar-refractivity contribution < 1.29 is 8.42 Å². The van der Waals surface area contributed by atoms with Gasteiger partial charge in [-0.2, -0.15) is 0 Å². The number of H-pyrrole nitrogens is 1. The number of hydrogen-bond donors (Lipinski definition) is 3. The van der Waals surface area contributed by atoms with Gasteiger partial charge in [-0.15, -0.1) is 0 Å². The normalized spacial score (nSPS) is 17.6. The van der Waals surface area contributed by atoms with Crippen molar-refractivity contribution in [2.45, 2.75) is 50.1 Å². The van der Waals surface area contributed by atoms with E-state index in [0.29, 0.717) is 11.4 Å². The van der Waals surface area contributed by atoms with E-state index in [4.69, 9.17) is 0 Å². The molecule has 0 aliphatic heterocycles. The third-order valence-corrected chi connectivity index (χ3v) is 5.02. The smallest absolute Gasteiger partial charge is 0.242 e. The molecule has 1 aliphatic carbocycles. The van der Waals surface area contributed by atoms with Crippen molar-refractivity contribution in [1.82, 2.24) is 15.0 Å². The van der Waals surface area contributed by atoms with E-state index in [1.807, 2.05) is 14.0 Å². The van der Waals surface area contributed by atoms with Gasteiger partial charge in [0.25, 0.3) is 0 Å². The molecule has 2 rings (SSSR count). The monoisotopic (exact) mass is 285 g/mol. The Labute approximate surface area is 115 Å². The van der Waals surface area contributed by atoms with Crippen LogP contribution in [-0.4, -0.2) is 26.5 Å². The van der Waals surface area contributed by atoms with Gasteiger partial charge in [0.2, 0.25) is 10.0 Å². The fourth-order valence-electron chi connectivity index (χ4n) is 2.21. The van der Waals surface area contributed by atoms with Crippen LogP contribution in [0.1, 0.15) is 38.3 Å². The lowest BCUT2D eigenvalue weighted by Crippen LogP contribution is -2.34. The first-order chi connectivity index (χ1) is 9.05. The van der Waals surface area contributed by atoms with Gasteiger partial charge in [0.05, 0.1) is 4.90 Å². The Hall–Kier alpha value is -0.850. The number of hydrogen-bond acceptors (Lipinski definition) is 3. The van der Waals surface area contributed by atoms with E-state index in [0.717, 1.165) is 24.5 Å². The maximum atomic E-state index is 12.3. The Morgan fingerprint density at radius 2 is 2.21 bits per heavy atom. The quantitative estimate of drug-likeness (QED) is 0.679. The predicted octanol–water partition coefficient (Wildman–Crippen LogP) is 1.59. The lowest BCUT2D eigenvalue weighted by molar-refractivity contribution is 0.495. The summed E-state index contributed by atoms with van der Waals surface area (Å²) in [7, 11) is -1.57. The summed E-state index contributed by atoms with van der Waals surface area (Å²) in [6.45, 7) is 2.66. The highest BCUT2D eigenvalue weighted by atomic mass is 32.2. The molecule has 1 unspecified atom stereocenters. The molecule has 0 radical (unpaired) electrons. The molecule has 1 aromatic heterocycles. The molecule has 1 saturated carbocycles. The summed E-state index contributed by atoms with van der Waals surface area (Å²) in [6, 6.07) is 1.74. The van der Waals surface area contributed by atoms with Crippen LogP contribution in [0.25, 0.3) is 0 Å². The molecule has 0 bridgehead atoms. The number of nitrogens with one attached hydrogen (secondary N) is 3. The summed E-state index contributed by atoms with van der Waals surface area (Å²) in [5.74, 6) is 0.721. The van der Waals surface area contributed by atoms with E-state index in [2.05, 4.69) is 15.0 Å². The molecule has 5 nitrogen and oxygen atoms in total. The fraction of sp³-hybridized carbons (Fsp3) is 0.692. The van der Waals surface area contributed by atoms with E-state index in [1.165, 1.54) is 12.8 Å². The minimum absolute atomic E-state index is 0.0557. The number of sulfonamides is 1. The molecule has 108 valence electrons. The summed E-state index contributed by atoms with van der Waals surface area (Å²) in [4.78, 5) is 3.30. The average Bonchev–Trinajstić information content (AvgIpc) is 3.04. The zero-order chi connectivity index (χ0) is 13.9. The minimum Gasteiger partial charge on any atom is -0.363 e. The van der Waals surface area contributed by atoms with Crippen LogP contribution in [0.2, 0.25) is 0 Å². The topological polar surface area (TPSA) is 74.0 Å². The number of rotatable bonds is 8. The summed E-state index contributed by atoms with van der Waals surface area (Å²) < 4.78 is 27.4. The third kappa shape index (κ3) is 4.06. The molecule has 1 fully saturated rings. The summed E-state index contributed by atoms with van der Waals surface area (Å²) in [6.07, 6.45) is 5.84. The molecular weight excluding hydrogens is 262 g/mol. The molecule has 3 N–H and O–H groups in total. The van der Waals surface area contributed by atoms with E-state index < -0.39 is 10.0 Å². The van der Waals surface area contributed by atoms with Gasteiger partial charge in [-0.3, -0.25) is 0 Å². The van der Waals surface area contributed by atoms with E-state index in [-0.39, 0.29) is 6.04 Å². The zero-order valence-corrected chi connectivity index (χ0v) is 12.4. The SMILES string of the molecule is CCC(CC1CC1)NS(=O)(=O)c1c[nH]c(CNC)c1. The number of aromatic nitrogens is 1. The fourth-order valence-corrected chi connectivity index (χ4v) is 3.56. The van der Waals surface area contributed by atoms with Crippen LogP contribution in [-0.2, 0) is 16.6 Å². The van der Waals surface area contributed by atoms with Gasteiger partial charge in [0.1, 0.15) is 0 Å². The van der Waals surface area contributed by atoms with Crippen molar-refractivity contribution >= 4 is 10.0 Å². The predicted molar refractivity (Wildman–Crippen MR) is 75.3 cm³/mol. The molecule has 0 amide bonds. The van der Waals surface area contributed by atoms with E-state index in [1.54, 1.807) is 12.3 Å². The van der Waals surface area contributed by atoms with Gasteiger partial charge < -0.3 is 10.3 Å². The second-order valence-corrected chi connectivity index (χ2v) is 7.01. The molecule has 1 aromatic rings. The lowest BCUT2D eigenvalue weighted by atomic mass is 10.1. The highest BCUT2D eigenvalue weighted by Crippen LogP contribution is 2.34. The minimum atomic E-state index is -3.40. The first kappa shape index (κ1) is 14.6. The van der Waals surface area contributed by atoms with Crippen LogP contribution in [0.5, 0.6) is 0 Å². The molecule has 1 aliphatic rings. The van der Waals surface area contributed by atoms with E-state index in [9.17, 15) is 8.42 Å². The molecule has 0 spiro atoms. The Bertz CT molecular complexity index is 506. The molecule has 19 heavy (non-hydrogen) atoms. The summed E-state index contributed by atoms with van der Waals surface area (Å²) in [5.41, 5.74) is 0.873. The van der Waals surface area contributed by atoms with Crippen molar-refractivity contribution in [3.8, 4) is 0 Å². The largest absolute Gasteiger partial charge is 0.363 e. The van der Waals surface area contributed by atoms with Crippen molar-refractivity contribution in [2.24, 2.45) is 5.92 Å². The molecule has 6 heteroatoms. The second-order valence-electron chi connectivity index (χ2n) is 5.30. The van der Waals surface area contributed by atoms with Crippen molar-refractivity contribution in [2.75, 3.05) is 7.05 Å². The van der Waals surface area contributed by atoms with Gasteiger partial charge in [-0.25, -0.2) is 13.1 Å². The third-order valence-electron chi connectivity index (χ3n) is 3.52. The second kappa shape index (κ2) is 6.07. The first-order valence-electron chi connectivity index (χ1n) is 6.89.